The van der Waals surface area contributed by atoms with Crippen molar-refractivity contribution in [1.29, 1.82) is 0 Å². The largest absolute Gasteiger partial charge is 0.315 e. The van der Waals surface area contributed by atoms with Gasteiger partial charge in [-0.15, -0.1) is 12.4 Å². The van der Waals surface area contributed by atoms with Crippen LogP contribution in [0.15, 0.2) is 59.5 Å². The van der Waals surface area contributed by atoms with Gasteiger partial charge in [0.2, 0.25) is 10.0 Å². The molecule has 2 saturated heterocycles. The first kappa shape index (κ1) is 17.4. The number of sulfonamides is 1. The van der Waals surface area contributed by atoms with Gasteiger partial charge in [-0.05, 0) is 42.1 Å². The van der Waals surface area contributed by atoms with Crippen molar-refractivity contribution >= 4 is 22.4 Å². The maximum absolute atomic E-state index is 12.9. The van der Waals surface area contributed by atoms with Crippen molar-refractivity contribution in [3.63, 3.8) is 0 Å². The fraction of sp³-hybridized carbons (Fsp3) is 0.333. The second kappa shape index (κ2) is 6.84. The quantitative estimate of drug-likeness (QED) is 0.911. The van der Waals surface area contributed by atoms with E-state index >= 15 is 0 Å². The molecule has 2 aromatic rings. The highest BCUT2D eigenvalue weighted by Gasteiger charge is 2.43. The monoisotopic (exact) mass is 364 g/mol. The minimum Gasteiger partial charge on any atom is -0.315 e. The van der Waals surface area contributed by atoms with Gasteiger partial charge in [0.1, 0.15) is 0 Å². The maximum atomic E-state index is 12.9. The van der Waals surface area contributed by atoms with Gasteiger partial charge >= 0.3 is 0 Å². The number of nitrogens with one attached hydrogen (secondary N) is 1. The van der Waals surface area contributed by atoms with Crippen LogP contribution in [0.3, 0.4) is 0 Å². The van der Waals surface area contributed by atoms with E-state index in [1.165, 1.54) is 0 Å². The number of fused-ring (bicyclic) bond motifs is 1. The zero-order valence-corrected chi connectivity index (χ0v) is 14.9. The van der Waals surface area contributed by atoms with Crippen LogP contribution < -0.4 is 5.32 Å². The van der Waals surface area contributed by atoms with Gasteiger partial charge < -0.3 is 5.32 Å². The van der Waals surface area contributed by atoms with Gasteiger partial charge in [-0.3, -0.25) is 0 Å². The Balaban J connectivity index is 0.00000169. The van der Waals surface area contributed by atoms with Crippen molar-refractivity contribution < 1.29 is 8.42 Å². The molecule has 0 radical (unpaired) electrons. The van der Waals surface area contributed by atoms with Crippen molar-refractivity contribution in [2.75, 3.05) is 19.6 Å². The molecule has 2 fully saturated rings. The Labute approximate surface area is 149 Å². The first-order valence-corrected chi connectivity index (χ1v) is 9.48. The van der Waals surface area contributed by atoms with Crippen LogP contribution in [0, 0.1) is 5.92 Å². The van der Waals surface area contributed by atoms with Crippen LogP contribution in [-0.4, -0.2) is 38.4 Å². The topological polar surface area (TPSA) is 49.4 Å². The fourth-order valence-corrected chi connectivity index (χ4v) is 5.39. The molecule has 0 amide bonds. The van der Waals surface area contributed by atoms with Crippen LogP contribution in [0.2, 0.25) is 0 Å². The van der Waals surface area contributed by atoms with Crippen LogP contribution in [0.5, 0.6) is 0 Å². The molecular weight excluding hydrogens is 344 g/mol. The van der Waals surface area contributed by atoms with E-state index in [4.69, 9.17) is 0 Å². The molecule has 2 aromatic carbocycles. The summed E-state index contributed by atoms with van der Waals surface area (Å²) in [6.07, 6.45) is 0.957. The molecule has 0 bridgehead atoms. The molecule has 1 N–H and O–H groups in total. The second-order valence-electron chi connectivity index (χ2n) is 6.28. The lowest BCUT2D eigenvalue weighted by Crippen LogP contribution is -2.38. The predicted molar refractivity (Wildman–Crippen MR) is 97.8 cm³/mol. The average Bonchev–Trinajstić information content (AvgIpc) is 3.19. The normalized spacial score (nSPS) is 23.7. The summed E-state index contributed by atoms with van der Waals surface area (Å²) in [7, 11) is -3.40. The predicted octanol–water partition coefficient (Wildman–Crippen LogP) is 2.76. The molecule has 2 atom stereocenters. The summed E-state index contributed by atoms with van der Waals surface area (Å²) >= 11 is 0. The molecular formula is C18H21ClN2O2S. The minimum absolute atomic E-state index is 0. The van der Waals surface area contributed by atoms with E-state index in [9.17, 15) is 8.42 Å². The highest BCUT2D eigenvalue weighted by atomic mass is 35.5. The summed E-state index contributed by atoms with van der Waals surface area (Å²) in [5.74, 6) is 0.466. The summed E-state index contributed by atoms with van der Waals surface area (Å²) in [6, 6.07) is 17.4. The van der Waals surface area contributed by atoms with Gasteiger partial charge in [0.05, 0.1) is 4.90 Å². The molecule has 0 aliphatic carbocycles. The minimum atomic E-state index is -3.40. The van der Waals surface area contributed by atoms with Gasteiger partial charge in [-0.25, -0.2) is 8.42 Å². The standard InChI is InChI=1S/C18H20N2O2S.ClH/c21-23(22,20-11-10-16-12-19-13-18(16)20)17-8-6-15(7-9-17)14-4-2-1-3-5-14;/h1-9,16,18-19H,10-13H2;1H/t16-,18+;/m0./s1. The Bertz CT molecular complexity index is 794. The molecule has 4 rings (SSSR count). The molecule has 128 valence electrons. The van der Waals surface area contributed by atoms with Crippen LogP contribution in [0.1, 0.15) is 6.42 Å². The number of rotatable bonds is 3. The van der Waals surface area contributed by atoms with E-state index in [-0.39, 0.29) is 18.4 Å². The molecule has 2 aliphatic heterocycles. The van der Waals surface area contributed by atoms with Gasteiger partial charge in [0.25, 0.3) is 0 Å². The average molecular weight is 365 g/mol. The van der Waals surface area contributed by atoms with Gasteiger partial charge in [-0.1, -0.05) is 42.5 Å². The van der Waals surface area contributed by atoms with Crippen LogP contribution in [-0.2, 0) is 10.0 Å². The van der Waals surface area contributed by atoms with Crippen molar-refractivity contribution in [2.24, 2.45) is 5.92 Å². The third kappa shape index (κ3) is 2.97. The Kier molecular flexibility index (Phi) is 4.97. The van der Waals surface area contributed by atoms with Crippen LogP contribution >= 0.6 is 12.4 Å². The van der Waals surface area contributed by atoms with Gasteiger partial charge in [0.15, 0.2) is 0 Å². The third-order valence-corrected chi connectivity index (χ3v) is 6.90. The van der Waals surface area contributed by atoms with Crippen molar-refractivity contribution in [3.05, 3.63) is 54.6 Å². The molecule has 6 heteroatoms. The molecule has 0 unspecified atom stereocenters. The molecule has 4 nitrogen and oxygen atoms in total. The van der Waals surface area contributed by atoms with E-state index in [1.54, 1.807) is 16.4 Å². The van der Waals surface area contributed by atoms with E-state index < -0.39 is 10.0 Å². The SMILES string of the molecule is Cl.O=S(=O)(c1ccc(-c2ccccc2)cc1)N1CC[C@H]2CNC[C@H]21. The fourth-order valence-electron chi connectivity index (χ4n) is 3.69. The van der Waals surface area contributed by atoms with Gasteiger partial charge in [-0.2, -0.15) is 4.31 Å². The van der Waals surface area contributed by atoms with Gasteiger partial charge in [0, 0.05) is 19.1 Å². The maximum Gasteiger partial charge on any atom is 0.243 e. The smallest absolute Gasteiger partial charge is 0.243 e. The Morgan fingerprint density at radius 1 is 0.917 bits per heavy atom. The summed E-state index contributed by atoms with van der Waals surface area (Å²) < 4.78 is 27.5. The number of hydrogen-bond acceptors (Lipinski definition) is 3. The van der Waals surface area contributed by atoms with E-state index in [1.807, 2.05) is 42.5 Å². The van der Waals surface area contributed by atoms with Crippen LogP contribution in [0.25, 0.3) is 11.1 Å². The number of hydrogen-bond donors (Lipinski definition) is 1. The van der Waals surface area contributed by atoms with Crippen molar-refractivity contribution in [1.82, 2.24) is 9.62 Å². The summed E-state index contributed by atoms with van der Waals surface area (Å²) in [4.78, 5) is 0.393. The van der Waals surface area contributed by atoms with E-state index in [0.29, 0.717) is 17.4 Å². The number of halogens is 1. The third-order valence-electron chi connectivity index (χ3n) is 4.96. The van der Waals surface area contributed by atoms with Crippen molar-refractivity contribution in [3.8, 4) is 11.1 Å². The van der Waals surface area contributed by atoms with E-state index in [0.717, 1.165) is 30.6 Å². The molecule has 2 heterocycles. The Morgan fingerprint density at radius 3 is 2.29 bits per heavy atom. The summed E-state index contributed by atoms with van der Waals surface area (Å²) in [6.45, 7) is 2.34. The van der Waals surface area contributed by atoms with Crippen LogP contribution in [0.4, 0.5) is 0 Å². The molecule has 24 heavy (non-hydrogen) atoms. The molecule has 0 aromatic heterocycles. The Morgan fingerprint density at radius 2 is 1.58 bits per heavy atom. The van der Waals surface area contributed by atoms with E-state index in [2.05, 4.69) is 5.32 Å². The lowest BCUT2D eigenvalue weighted by molar-refractivity contribution is 0.383. The van der Waals surface area contributed by atoms with Crippen molar-refractivity contribution in [2.45, 2.75) is 17.4 Å². The second-order valence-corrected chi connectivity index (χ2v) is 8.17. The lowest BCUT2D eigenvalue weighted by Gasteiger charge is -2.22. The highest BCUT2D eigenvalue weighted by molar-refractivity contribution is 7.89. The highest BCUT2D eigenvalue weighted by Crippen LogP contribution is 2.32. The molecule has 2 aliphatic rings. The Hall–Kier alpha value is -1.40. The zero-order chi connectivity index (χ0) is 15.9. The number of nitrogens with zero attached hydrogens (tertiary/aromatic N) is 1. The molecule has 0 saturated carbocycles. The first-order chi connectivity index (χ1) is 11.2. The molecule has 0 spiro atoms. The summed E-state index contributed by atoms with van der Waals surface area (Å²) in [5.41, 5.74) is 2.13. The summed E-state index contributed by atoms with van der Waals surface area (Å²) in [5, 5.41) is 3.30. The lowest BCUT2D eigenvalue weighted by atomic mass is 10.1. The number of benzene rings is 2. The zero-order valence-electron chi connectivity index (χ0n) is 13.3. The first-order valence-electron chi connectivity index (χ1n) is 8.04.